The largest absolute Gasteiger partial charge is 0.488 e. The maximum absolute atomic E-state index is 13.8. The summed E-state index contributed by atoms with van der Waals surface area (Å²) >= 11 is 6.03. The first kappa shape index (κ1) is 13.6. The van der Waals surface area contributed by atoms with Gasteiger partial charge in [-0.05, 0) is 24.3 Å². The Hall–Kier alpha value is -2.33. The molecule has 0 amide bonds. The average Bonchev–Trinajstić information content (AvgIpc) is 2.51. The van der Waals surface area contributed by atoms with Crippen molar-refractivity contribution in [1.29, 1.82) is 0 Å². The molecule has 2 aromatic carbocycles. The number of hydrogen-bond donors (Lipinski definition) is 1. The van der Waals surface area contributed by atoms with Crippen molar-refractivity contribution in [1.82, 2.24) is 4.98 Å². The van der Waals surface area contributed by atoms with Crippen LogP contribution < -0.4 is 10.5 Å². The Morgan fingerprint density at radius 2 is 2.05 bits per heavy atom. The minimum absolute atomic E-state index is 0.0111. The number of aromatic nitrogens is 1. The van der Waals surface area contributed by atoms with Crippen LogP contribution in [0.5, 0.6) is 5.75 Å². The van der Waals surface area contributed by atoms with E-state index in [1.807, 2.05) is 24.3 Å². The third kappa shape index (κ3) is 2.62. The molecule has 0 unspecified atom stereocenters. The number of rotatable bonds is 3. The van der Waals surface area contributed by atoms with Crippen molar-refractivity contribution in [2.75, 3.05) is 5.73 Å². The summed E-state index contributed by atoms with van der Waals surface area (Å²) in [5.74, 6) is 0.212. The first-order valence-electron chi connectivity index (χ1n) is 6.34. The van der Waals surface area contributed by atoms with E-state index in [1.165, 1.54) is 12.1 Å². The number of nitrogens with two attached hydrogens (primary N) is 1. The van der Waals surface area contributed by atoms with Gasteiger partial charge < -0.3 is 10.5 Å². The number of fused-ring (bicyclic) bond motifs is 1. The van der Waals surface area contributed by atoms with Gasteiger partial charge in [0.05, 0.1) is 10.7 Å². The van der Waals surface area contributed by atoms with E-state index < -0.39 is 5.82 Å². The summed E-state index contributed by atoms with van der Waals surface area (Å²) < 4.78 is 19.5. The third-order valence-corrected chi connectivity index (χ3v) is 3.67. The van der Waals surface area contributed by atoms with Gasteiger partial charge >= 0.3 is 0 Å². The molecule has 3 rings (SSSR count). The number of halogens is 2. The van der Waals surface area contributed by atoms with Gasteiger partial charge in [-0.2, -0.15) is 0 Å². The molecule has 0 aliphatic heterocycles. The normalized spacial score (nSPS) is 10.8. The molecule has 0 saturated carbocycles. The van der Waals surface area contributed by atoms with Crippen molar-refractivity contribution >= 4 is 28.1 Å². The minimum atomic E-state index is -0.434. The zero-order valence-electron chi connectivity index (χ0n) is 11.0. The molecule has 0 saturated heterocycles. The molecular weight excluding hydrogens is 291 g/mol. The van der Waals surface area contributed by atoms with Crippen LogP contribution in [0.4, 0.5) is 10.1 Å². The van der Waals surface area contributed by atoms with Crippen LogP contribution in [0.3, 0.4) is 0 Å². The summed E-state index contributed by atoms with van der Waals surface area (Å²) in [6.07, 6.45) is 3.43. The predicted octanol–water partition coefficient (Wildman–Crippen LogP) is 4.19. The SMILES string of the molecule is Nc1ccc(F)c(COc2cccc3cnccc23)c1Cl. The Morgan fingerprint density at radius 3 is 2.90 bits per heavy atom. The number of benzene rings is 2. The van der Waals surface area contributed by atoms with Crippen LogP contribution in [0.25, 0.3) is 10.8 Å². The lowest BCUT2D eigenvalue weighted by Crippen LogP contribution is -2.02. The Morgan fingerprint density at radius 1 is 1.19 bits per heavy atom. The Bertz CT molecular complexity index is 802. The molecule has 1 aromatic heterocycles. The average molecular weight is 303 g/mol. The standard InChI is InChI=1S/C16H12ClFN2O/c17-16-12(13(18)4-5-14(16)19)9-21-15-3-1-2-10-8-20-7-6-11(10)15/h1-8H,9,19H2. The molecule has 0 aliphatic rings. The first-order valence-corrected chi connectivity index (χ1v) is 6.72. The Labute approximate surface area is 126 Å². The molecule has 3 nitrogen and oxygen atoms in total. The van der Waals surface area contributed by atoms with Gasteiger partial charge in [-0.1, -0.05) is 23.7 Å². The molecule has 0 fully saturated rings. The molecular formula is C16H12ClFN2O. The molecule has 1 heterocycles. The maximum atomic E-state index is 13.8. The van der Waals surface area contributed by atoms with Crippen molar-refractivity contribution < 1.29 is 9.13 Å². The molecule has 0 radical (unpaired) electrons. The monoisotopic (exact) mass is 302 g/mol. The van der Waals surface area contributed by atoms with Crippen LogP contribution in [0, 0.1) is 5.82 Å². The smallest absolute Gasteiger partial charge is 0.131 e. The summed E-state index contributed by atoms with van der Waals surface area (Å²) in [5.41, 5.74) is 6.27. The van der Waals surface area contributed by atoms with Crippen LogP contribution in [0.1, 0.15) is 5.56 Å². The van der Waals surface area contributed by atoms with Crippen molar-refractivity contribution in [3.8, 4) is 5.75 Å². The lowest BCUT2D eigenvalue weighted by Gasteiger charge is -2.12. The van der Waals surface area contributed by atoms with Gasteiger partial charge in [-0.25, -0.2) is 4.39 Å². The molecule has 0 aliphatic carbocycles. The first-order chi connectivity index (χ1) is 10.2. The summed E-state index contributed by atoms with van der Waals surface area (Å²) in [5, 5.41) is 2.05. The highest BCUT2D eigenvalue weighted by Crippen LogP contribution is 2.29. The van der Waals surface area contributed by atoms with E-state index in [0.29, 0.717) is 11.4 Å². The number of nitrogen functional groups attached to an aromatic ring is 1. The molecule has 0 spiro atoms. The van der Waals surface area contributed by atoms with Crippen molar-refractivity contribution in [3.63, 3.8) is 0 Å². The highest BCUT2D eigenvalue weighted by molar-refractivity contribution is 6.33. The van der Waals surface area contributed by atoms with Gasteiger partial charge in [0.25, 0.3) is 0 Å². The highest BCUT2D eigenvalue weighted by atomic mass is 35.5. The Kier molecular flexibility index (Phi) is 3.62. The van der Waals surface area contributed by atoms with Crippen molar-refractivity contribution in [3.05, 3.63) is 65.2 Å². The van der Waals surface area contributed by atoms with Gasteiger partial charge in [0.1, 0.15) is 18.2 Å². The van der Waals surface area contributed by atoms with Crippen molar-refractivity contribution in [2.45, 2.75) is 6.61 Å². The highest BCUT2D eigenvalue weighted by Gasteiger charge is 2.12. The number of pyridine rings is 1. The minimum Gasteiger partial charge on any atom is -0.488 e. The van der Waals surface area contributed by atoms with E-state index in [4.69, 9.17) is 22.1 Å². The van der Waals surface area contributed by atoms with Crippen molar-refractivity contribution in [2.24, 2.45) is 0 Å². The zero-order valence-corrected chi connectivity index (χ0v) is 11.8. The molecule has 0 bridgehead atoms. The molecule has 3 aromatic rings. The number of nitrogens with zero attached hydrogens (tertiary/aromatic N) is 1. The molecule has 5 heteroatoms. The third-order valence-electron chi connectivity index (χ3n) is 3.23. The van der Waals surface area contributed by atoms with Gasteiger partial charge in [0, 0.05) is 28.7 Å². The fraction of sp³-hybridized carbons (Fsp3) is 0.0625. The summed E-state index contributed by atoms with van der Waals surface area (Å²) in [6, 6.07) is 10.2. The second kappa shape index (κ2) is 5.58. The van der Waals surface area contributed by atoms with E-state index in [0.717, 1.165) is 10.8 Å². The zero-order chi connectivity index (χ0) is 14.8. The van der Waals surface area contributed by atoms with Gasteiger partial charge in [0.15, 0.2) is 0 Å². The lowest BCUT2D eigenvalue weighted by atomic mass is 10.1. The van der Waals surface area contributed by atoms with Gasteiger partial charge in [0.2, 0.25) is 0 Å². The molecule has 21 heavy (non-hydrogen) atoms. The van der Waals surface area contributed by atoms with E-state index >= 15 is 0 Å². The molecule has 2 N–H and O–H groups in total. The predicted molar refractivity (Wildman–Crippen MR) is 81.9 cm³/mol. The van der Waals surface area contributed by atoms with Gasteiger partial charge in [-0.3, -0.25) is 4.98 Å². The van der Waals surface area contributed by atoms with Crippen LogP contribution >= 0.6 is 11.6 Å². The topological polar surface area (TPSA) is 48.1 Å². The Balaban J connectivity index is 1.93. The van der Waals surface area contributed by atoms with Crippen LogP contribution in [0.2, 0.25) is 5.02 Å². The number of anilines is 1. The fourth-order valence-corrected chi connectivity index (χ4v) is 2.32. The fourth-order valence-electron chi connectivity index (χ4n) is 2.12. The summed E-state index contributed by atoms with van der Waals surface area (Å²) in [4.78, 5) is 4.06. The van der Waals surface area contributed by atoms with Gasteiger partial charge in [-0.15, -0.1) is 0 Å². The second-order valence-electron chi connectivity index (χ2n) is 4.57. The molecule has 0 atom stereocenters. The van der Waals surface area contributed by atoms with Crippen LogP contribution in [0.15, 0.2) is 48.8 Å². The summed E-state index contributed by atoms with van der Waals surface area (Å²) in [7, 11) is 0. The molecule has 106 valence electrons. The maximum Gasteiger partial charge on any atom is 0.131 e. The van der Waals surface area contributed by atoms with Crippen LogP contribution in [-0.4, -0.2) is 4.98 Å². The second-order valence-corrected chi connectivity index (χ2v) is 4.95. The van der Waals surface area contributed by atoms with E-state index in [9.17, 15) is 4.39 Å². The van der Waals surface area contributed by atoms with Crippen LogP contribution in [-0.2, 0) is 6.61 Å². The van der Waals surface area contributed by atoms with E-state index in [1.54, 1.807) is 12.4 Å². The quantitative estimate of drug-likeness (QED) is 0.738. The van der Waals surface area contributed by atoms with E-state index in [2.05, 4.69) is 4.98 Å². The number of hydrogen-bond acceptors (Lipinski definition) is 3. The lowest BCUT2D eigenvalue weighted by molar-refractivity contribution is 0.303. The van der Waals surface area contributed by atoms with E-state index in [-0.39, 0.29) is 17.2 Å². The summed E-state index contributed by atoms with van der Waals surface area (Å²) in [6.45, 7) is 0.0111. The number of ether oxygens (including phenoxy) is 1.